The molecule has 0 spiro atoms. The topological polar surface area (TPSA) is 38.8 Å². The third-order valence-electron chi connectivity index (χ3n) is 2.90. The monoisotopic (exact) mass is 206 g/mol. The van der Waals surface area contributed by atoms with Gasteiger partial charge in [-0.2, -0.15) is 0 Å². The van der Waals surface area contributed by atoms with Crippen LogP contribution in [-0.4, -0.2) is 18.7 Å². The van der Waals surface area contributed by atoms with Gasteiger partial charge in [0.25, 0.3) is 6.47 Å². The lowest BCUT2D eigenvalue weighted by Crippen LogP contribution is -2.21. The predicted molar refractivity (Wildman–Crippen MR) is 55.3 cm³/mol. The van der Waals surface area contributed by atoms with Crippen LogP contribution in [0.25, 0.3) is 0 Å². The Morgan fingerprint density at radius 3 is 2.73 bits per heavy atom. The molecule has 0 bridgehead atoms. The van der Waals surface area contributed by atoms with Gasteiger partial charge >= 0.3 is 0 Å². The molecule has 0 radical (unpaired) electrons. The first kappa shape index (κ1) is 10.2. The van der Waals surface area contributed by atoms with Crippen LogP contribution in [0.1, 0.15) is 19.4 Å². The van der Waals surface area contributed by atoms with Crippen LogP contribution in [0.2, 0.25) is 0 Å². The van der Waals surface area contributed by atoms with E-state index in [1.807, 2.05) is 44.2 Å². The minimum Gasteiger partial charge on any atom is -0.462 e. The van der Waals surface area contributed by atoms with E-state index in [2.05, 4.69) is 0 Å². The number of rotatable bonds is 4. The van der Waals surface area contributed by atoms with Crippen molar-refractivity contribution in [2.75, 3.05) is 0 Å². The summed E-state index contributed by atoms with van der Waals surface area (Å²) in [6.07, 6.45) is -0.238. The van der Waals surface area contributed by atoms with Crippen LogP contribution >= 0.6 is 0 Å². The SMILES string of the molecule is CC(OC=O)C1OC1(C)c1ccccc1. The fourth-order valence-corrected chi connectivity index (χ4v) is 1.93. The van der Waals surface area contributed by atoms with E-state index in [4.69, 9.17) is 9.47 Å². The molecule has 0 N–H and O–H groups in total. The fourth-order valence-electron chi connectivity index (χ4n) is 1.93. The summed E-state index contributed by atoms with van der Waals surface area (Å²) in [5.41, 5.74) is 0.820. The van der Waals surface area contributed by atoms with Crippen LogP contribution in [0.4, 0.5) is 0 Å². The Bertz CT molecular complexity index is 349. The molecule has 2 rings (SSSR count). The normalized spacial score (nSPS) is 30.7. The van der Waals surface area contributed by atoms with Gasteiger partial charge in [-0.1, -0.05) is 30.3 Å². The summed E-state index contributed by atoms with van der Waals surface area (Å²) < 4.78 is 10.5. The molecular formula is C12H14O3. The molecule has 1 saturated heterocycles. The van der Waals surface area contributed by atoms with Crippen molar-refractivity contribution in [3.8, 4) is 0 Å². The predicted octanol–water partition coefficient (Wildman–Crippen LogP) is 1.86. The van der Waals surface area contributed by atoms with Crippen molar-refractivity contribution in [2.45, 2.75) is 31.7 Å². The van der Waals surface area contributed by atoms with Crippen molar-refractivity contribution in [3.63, 3.8) is 0 Å². The summed E-state index contributed by atoms with van der Waals surface area (Å²) >= 11 is 0. The number of benzene rings is 1. The average Bonchev–Trinajstić information content (AvgIpc) is 2.94. The van der Waals surface area contributed by atoms with Crippen LogP contribution in [0.15, 0.2) is 30.3 Å². The maximum Gasteiger partial charge on any atom is 0.293 e. The van der Waals surface area contributed by atoms with Crippen LogP contribution in [0.3, 0.4) is 0 Å². The number of carbonyl (C=O) groups is 1. The Hall–Kier alpha value is -1.35. The van der Waals surface area contributed by atoms with Gasteiger partial charge in [0.05, 0.1) is 0 Å². The number of carbonyl (C=O) groups excluding carboxylic acids is 1. The molecule has 1 aliphatic heterocycles. The quantitative estimate of drug-likeness (QED) is 0.557. The van der Waals surface area contributed by atoms with Crippen LogP contribution < -0.4 is 0 Å². The van der Waals surface area contributed by atoms with E-state index in [1.165, 1.54) is 0 Å². The van der Waals surface area contributed by atoms with Gasteiger partial charge in [-0.05, 0) is 19.4 Å². The average molecular weight is 206 g/mol. The molecule has 1 aromatic rings. The standard InChI is InChI=1S/C12H14O3/c1-9(14-8-13)11-12(2,15-11)10-6-4-3-5-7-10/h3-9,11H,1-2H3. The molecule has 1 aliphatic rings. The second-order valence-electron chi connectivity index (χ2n) is 3.95. The van der Waals surface area contributed by atoms with Crippen molar-refractivity contribution < 1.29 is 14.3 Å². The van der Waals surface area contributed by atoms with Gasteiger partial charge in [0.15, 0.2) is 0 Å². The summed E-state index contributed by atoms with van der Waals surface area (Å²) in [6, 6.07) is 9.96. The molecule has 1 heterocycles. The highest BCUT2D eigenvalue weighted by Gasteiger charge is 2.57. The van der Waals surface area contributed by atoms with E-state index in [0.717, 1.165) is 5.56 Å². The molecule has 0 amide bonds. The number of epoxide rings is 1. The molecule has 3 atom stereocenters. The number of hydrogen-bond donors (Lipinski definition) is 0. The van der Waals surface area contributed by atoms with Gasteiger partial charge in [0, 0.05) is 0 Å². The number of ether oxygens (including phenoxy) is 2. The first-order chi connectivity index (χ1) is 7.18. The third-order valence-corrected chi connectivity index (χ3v) is 2.90. The highest BCUT2D eigenvalue weighted by atomic mass is 16.6. The first-order valence-corrected chi connectivity index (χ1v) is 5.01. The van der Waals surface area contributed by atoms with Crippen LogP contribution in [-0.2, 0) is 19.9 Å². The van der Waals surface area contributed by atoms with Gasteiger partial charge in [-0.3, -0.25) is 4.79 Å². The van der Waals surface area contributed by atoms with Crippen LogP contribution in [0.5, 0.6) is 0 Å². The molecule has 3 unspecified atom stereocenters. The summed E-state index contributed by atoms with van der Waals surface area (Å²) in [7, 11) is 0. The fraction of sp³-hybridized carbons (Fsp3) is 0.417. The molecule has 0 aliphatic carbocycles. The summed E-state index contributed by atoms with van der Waals surface area (Å²) in [5.74, 6) is 0. The second kappa shape index (κ2) is 3.66. The molecule has 3 nitrogen and oxygen atoms in total. The Labute approximate surface area is 89.0 Å². The zero-order valence-corrected chi connectivity index (χ0v) is 8.84. The highest BCUT2D eigenvalue weighted by Crippen LogP contribution is 2.47. The Kier molecular flexibility index (Phi) is 2.49. The van der Waals surface area contributed by atoms with Gasteiger partial charge in [-0.15, -0.1) is 0 Å². The zero-order valence-electron chi connectivity index (χ0n) is 8.84. The van der Waals surface area contributed by atoms with Crippen LogP contribution in [0, 0.1) is 0 Å². The first-order valence-electron chi connectivity index (χ1n) is 5.01. The second-order valence-corrected chi connectivity index (χ2v) is 3.95. The Balaban J connectivity index is 2.10. The van der Waals surface area contributed by atoms with Gasteiger partial charge in [-0.25, -0.2) is 0 Å². The van der Waals surface area contributed by atoms with Gasteiger partial charge in [0.2, 0.25) is 0 Å². The maximum absolute atomic E-state index is 10.2. The lowest BCUT2D eigenvalue weighted by molar-refractivity contribution is -0.133. The Morgan fingerprint density at radius 1 is 1.47 bits per heavy atom. The summed E-state index contributed by atoms with van der Waals surface area (Å²) in [5, 5.41) is 0. The largest absolute Gasteiger partial charge is 0.462 e. The Morgan fingerprint density at radius 2 is 2.13 bits per heavy atom. The van der Waals surface area contributed by atoms with Gasteiger partial charge in [0.1, 0.15) is 17.8 Å². The van der Waals surface area contributed by atoms with E-state index in [9.17, 15) is 4.79 Å². The highest BCUT2D eigenvalue weighted by molar-refractivity contribution is 5.38. The van der Waals surface area contributed by atoms with E-state index >= 15 is 0 Å². The van der Waals surface area contributed by atoms with E-state index < -0.39 is 0 Å². The molecule has 80 valence electrons. The third kappa shape index (κ3) is 1.75. The van der Waals surface area contributed by atoms with Crippen molar-refractivity contribution in [3.05, 3.63) is 35.9 Å². The molecule has 1 fully saturated rings. The lowest BCUT2D eigenvalue weighted by Gasteiger charge is -2.10. The van der Waals surface area contributed by atoms with E-state index in [-0.39, 0.29) is 17.8 Å². The lowest BCUT2D eigenvalue weighted by atomic mass is 9.95. The van der Waals surface area contributed by atoms with Crippen molar-refractivity contribution >= 4 is 6.47 Å². The number of hydrogen-bond acceptors (Lipinski definition) is 3. The molecule has 15 heavy (non-hydrogen) atoms. The minimum absolute atomic E-state index is 0.0369. The zero-order chi connectivity index (χ0) is 10.9. The van der Waals surface area contributed by atoms with E-state index in [0.29, 0.717) is 6.47 Å². The van der Waals surface area contributed by atoms with Crippen molar-refractivity contribution in [1.29, 1.82) is 0 Å². The smallest absolute Gasteiger partial charge is 0.293 e. The van der Waals surface area contributed by atoms with Crippen molar-refractivity contribution in [2.24, 2.45) is 0 Å². The maximum atomic E-state index is 10.2. The molecule has 1 aromatic carbocycles. The van der Waals surface area contributed by atoms with Crippen molar-refractivity contribution in [1.82, 2.24) is 0 Å². The molecular weight excluding hydrogens is 192 g/mol. The molecule has 3 heteroatoms. The minimum atomic E-state index is -0.302. The summed E-state index contributed by atoms with van der Waals surface area (Å²) in [4.78, 5) is 10.2. The van der Waals surface area contributed by atoms with E-state index in [1.54, 1.807) is 0 Å². The molecule has 0 aromatic heterocycles. The molecule has 0 saturated carbocycles. The van der Waals surface area contributed by atoms with Gasteiger partial charge < -0.3 is 9.47 Å². The summed E-state index contributed by atoms with van der Waals surface area (Å²) in [6.45, 7) is 4.32.